The molecular weight excluding hydrogens is 180 g/mol. The number of ether oxygens (including phenoxy) is 1. The Morgan fingerprint density at radius 1 is 1.50 bits per heavy atom. The minimum absolute atomic E-state index is 0.0166. The summed E-state index contributed by atoms with van der Waals surface area (Å²) in [4.78, 5) is 0. The van der Waals surface area contributed by atoms with E-state index in [1.165, 1.54) is 6.08 Å². The second kappa shape index (κ2) is 4.98. The van der Waals surface area contributed by atoms with E-state index in [0.29, 0.717) is 13.0 Å². The van der Waals surface area contributed by atoms with Gasteiger partial charge in [-0.3, -0.25) is 0 Å². The highest BCUT2D eigenvalue weighted by Crippen LogP contribution is 2.21. The summed E-state index contributed by atoms with van der Waals surface area (Å²) in [6.45, 7) is 5.64. The zero-order chi connectivity index (χ0) is 10.6. The summed E-state index contributed by atoms with van der Waals surface area (Å²) in [6.07, 6.45) is 5.35. The highest BCUT2D eigenvalue weighted by atomic mass is 16.5. The number of hydrogen-bond donors (Lipinski definition) is 2. The summed E-state index contributed by atoms with van der Waals surface area (Å²) in [5, 5.41) is 18.2. The fourth-order valence-corrected chi connectivity index (χ4v) is 1.42. The van der Waals surface area contributed by atoms with Crippen LogP contribution in [0, 0.1) is 0 Å². The number of rotatable bonds is 3. The monoisotopic (exact) mass is 196 g/mol. The molecule has 1 heterocycles. The number of hydrogen-bond acceptors (Lipinski definition) is 3. The molecule has 0 aromatic heterocycles. The maximum atomic E-state index is 9.28. The van der Waals surface area contributed by atoms with E-state index in [2.05, 4.69) is 6.58 Å². The van der Waals surface area contributed by atoms with E-state index in [4.69, 9.17) is 9.84 Å². The Labute approximate surface area is 84.0 Å². The molecule has 78 valence electrons. The molecule has 1 saturated heterocycles. The van der Waals surface area contributed by atoms with Crippen molar-refractivity contribution in [3.63, 3.8) is 0 Å². The Hall–Kier alpha value is -1.06. The molecule has 0 bridgehead atoms. The Bertz CT molecular complexity index is 266. The molecule has 0 saturated carbocycles. The second-order valence-electron chi connectivity index (χ2n) is 3.32. The lowest BCUT2D eigenvalue weighted by molar-refractivity contribution is 0.105. The van der Waals surface area contributed by atoms with Crippen LogP contribution >= 0.6 is 0 Å². The van der Waals surface area contributed by atoms with E-state index in [9.17, 15) is 5.11 Å². The highest BCUT2D eigenvalue weighted by Gasteiger charge is 2.24. The van der Waals surface area contributed by atoms with Gasteiger partial charge in [-0.25, -0.2) is 0 Å². The van der Waals surface area contributed by atoms with Gasteiger partial charge in [-0.2, -0.15) is 0 Å². The summed E-state index contributed by atoms with van der Waals surface area (Å²) in [7, 11) is 0. The summed E-state index contributed by atoms with van der Waals surface area (Å²) < 4.78 is 5.37. The van der Waals surface area contributed by atoms with Crippen LogP contribution in [0.5, 0.6) is 0 Å². The summed E-state index contributed by atoms with van der Waals surface area (Å²) in [6, 6.07) is 0. The van der Waals surface area contributed by atoms with Crippen molar-refractivity contribution < 1.29 is 14.9 Å². The minimum Gasteiger partial charge on any atom is -0.509 e. The molecule has 1 fully saturated rings. The smallest absolute Gasteiger partial charge is 0.108 e. The van der Waals surface area contributed by atoms with Gasteiger partial charge in [-0.05, 0) is 18.6 Å². The number of allylic oxidation sites excluding steroid dienone is 2. The third-order valence-corrected chi connectivity index (χ3v) is 2.15. The van der Waals surface area contributed by atoms with Crippen LogP contribution in [0.3, 0.4) is 0 Å². The predicted octanol–water partition coefficient (Wildman–Crippen LogP) is 1.71. The van der Waals surface area contributed by atoms with Crippen LogP contribution in [0.1, 0.15) is 13.3 Å². The van der Waals surface area contributed by atoms with Gasteiger partial charge >= 0.3 is 0 Å². The van der Waals surface area contributed by atoms with Gasteiger partial charge in [0.15, 0.2) is 0 Å². The number of aliphatic hydroxyl groups excluding tert-OH is 2. The zero-order valence-corrected chi connectivity index (χ0v) is 8.31. The average molecular weight is 196 g/mol. The first kappa shape index (κ1) is 11.0. The molecule has 14 heavy (non-hydrogen) atoms. The number of aliphatic hydroxyl groups is 2. The van der Waals surface area contributed by atoms with Crippen LogP contribution < -0.4 is 0 Å². The van der Waals surface area contributed by atoms with Crippen molar-refractivity contribution in [2.75, 3.05) is 6.61 Å². The molecule has 0 radical (unpaired) electrons. The van der Waals surface area contributed by atoms with Gasteiger partial charge in [-0.1, -0.05) is 18.7 Å². The first-order chi connectivity index (χ1) is 6.63. The average Bonchev–Trinajstić information content (AvgIpc) is 2.53. The van der Waals surface area contributed by atoms with Crippen LogP contribution in [0.25, 0.3) is 0 Å². The summed E-state index contributed by atoms with van der Waals surface area (Å²) in [5.74, 6) is 0.0166. The van der Waals surface area contributed by atoms with Crippen molar-refractivity contribution in [3.05, 3.63) is 36.1 Å². The Kier molecular flexibility index (Phi) is 3.92. The molecule has 0 spiro atoms. The molecule has 0 amide bonds. The first-order valence-electron chi connectivity index (χ1n) is 4.65. The van der Waals surface area contributed by atoms with E-state index in [-0.39, 0.29) is 18.0 Å². The van der Waals surface area contributed by atoms with E-state index in [1.54, 1.807) is 6.08 Å². The maximum Gasteiger partial charge on any atom is 0.108 e. The molecule has 0 aliphatic carbocycles. The predicted molar refractivity (Wildman–Crippen MR) is 55.0 cm³/mol. The van der Waals surface area contributed by atoms with E-state index in [1.807, 2.05) is 13.0 Å². The molecule has 0 aromatic rings. The van der Waals surface area contributed by atoms with Crippen molar-refractivity contribution in [1.29, 1.82) is 0 Å². The highest BCUT2D eigenvalue weighted by molar-refractivity contribution is 5.27. The summed E-state index contributed by atoms with van der Waals surface area (Å²) >= 11 is 0. The Morgan fingerprint density at radius 2 is 2.21 bits per heavy atom. The minimum atomic E-state index is -0.374. The fraction of sp³-hybridized carbons (Fsp3) is 0.455. The topological polar surface area (TPSA) is 49.7 Å². The van der Waals surface area contributed by atoms with Crippen molar-refractivity contribution >= 4 is 0 Å². The molecule has 2 atom stereocenters. The van der Waals surface area contributed by atoms with Crippen molar-refractivity contribution in [1.82, 2.24) is 0 Å². The quantitative estimate of drug-likeness (QED) is 0.533. The van der Waals surface area contributed by atoms with Crippen molar-refractivity contribution in [3.8, 4) is 0 Å². The molecule has 1 rings (SSSR count). The molecule has 0 aromatic carbocycles. The molecule has 1 aliphatic rings. The van der Waals surface area contributed by atoms with Crippen LogP contribution in [0.2, 0.25) is 0 Å². The van der Waals surface area contributed by atoms with Gasteiger partial charge in [0.1, 0.15) is 5.76 Å². The van der Waals surface area contributed by atoms with Crippen molar-refractivity contribution in [2.24, 2.45) is 0 Å². The van der Waals surface area contributed by atoms with Crippen molar-refractivity contribution in [2.45, 2.75) is 25.6 Å². The molecule has 1 aliphatic heterocycles. The zero-order valence-electron chi connectivity index (χ0n) is 8.31. The maximum absolute atomic E-state index is 9.28. The van der Waals surface area contributed by atoms with Crippen LogP contribution in [0.15, 0.2) is 36.1 Å². The third kappa shape index (κ3) is 3.01. The standard InChI is InChI=1S/C11H16O3/c1-3-9(5-4-8(2)12)11-6-10(13)7-14-11/h3-5,10-13H,2,6-7H2,1H3/b5-4-,9-3+. The Balaban J connectivity index is 2.60. The second-order valence-corrected chi connectivity index (χ2v) is 3.32. The van der Waals surface area contributed by atoms with Gasteiger partial charge < -0.3 is 14.9 Å². The van der Waals surface area contributed by atoms with Gasteiger partial charge in [0.05, 0.1) is 18.8 Å². The van der Waals surface area contributed by atoms with E-state index >= 15 is 0 Å². The molecule has 3 nitrogen and oxygen atoms in total. The van der Waals surface area contributed by atoms with Gasteiger partial charge in [0.25, 0.3) is 0 Å². The third-order valence-electron chi connectivity index (χ3n) is 2.15. The first-order valence-corrected chi connectivity index (χ1v) is 4.65. The molecular formula is C11H16O3. The molecule has 3 heteroatoms. The summed E-state index contributed by atoms with van der Waals surface area (Å²) in [5.41, 5.74) is 0.955. The van der Waals surface area contributed by atoms with E-state index in [0.717, 1.165) is 5.57 Å². The van der Waals surface area contributed by atoms with Crippen LogP contribution in [0.4, 0.5) is 0 Å². The van der Waals surface area contributed by atoms with Gasteiger partial charge in [0, 0.05) is 6.42 Å². The molecule has 2 N–H and O–H groups in total. The van der Waals surface area contributed by atoms with E-state index < -0.39 is 0 Å². The normalized spacial score (nSPS) is 28.6. The van der Waals surface area contributed by atoms with Crippen LogP contribution in [-0.2, 0) is 4.74 Å². The lowest BCUT2D eigenvalue weighted by atomic mass is 10.1. The SMILES string of the molecule is C=C(O)/C=C\C(=C/C)C1CC(O)CO1. The van der Waals surface area contributed by atoms with Gasteiger partial charge in [0.2, 0.25) is 0 Å². The largest absolute Gasteiger partial charge is 0.509 e. The molecule has 2 unspecified atom stereocenters. The lowest BCUT2D eigenvalue weighted by Crippen LogP contribution is -2.08. The fourth-order valence-electron chi connectivity index (χ4n) is 1.42. The van der Waals surface area contributed by atoms with Gasteiger partial charge in [-0.15, -0.1) is 0 Å². The lowest BCUT2D eigenvalue weighted by Gasteiger charge is -2.09. The van der Waals surface area contributed by atoms with Crippen LogP contribution in [-0.4, -0.2) is 29.0 Å². The Morgan fingerprint density at radius 3 is 2.64 bits per heavy atom.